The van der Waals surface area contributed by atoms with Crippen LogP contribution < -0.4 is 0 Å². The Labute approximate surface area is 338 Å². The molecule has 0 bridgehead atoms. The van der Waals surface area contributed by atoms with Gasteiger partial charge in [0.15, 0.2) is 12.1 Å². The molecule has 0 fully saturated rings. The lowest BCUT2D eigenvalue weighted by Gasteiger charge is -2.31. The van der Waals surface area contributed by atoms with E-state index in [-0.39, 0.29) is 36.2 Å². The van der Waals surface area contributed by atoms with Crippen molar-refractivity contribution in [3.8, 4) is 0 Å². The number of carboxylic acid groups (broad SMARTS) is 1. The van der Waals surface area contributed by atoms with E-state index in [1.807, 2.05) is 21.1 Å². The summed E-state index contributed by atoms with van der Waals surface area (Å²) >= 11 is 0. The topological polar surface area (TPSA) is 99.1 Å². The van der Waals surface area contributed by atoms with Gasteiger partial charge in [0.1, 0.15) is 6.61 Å². The summed E-state index contributed by atoms with van der Waals surface area (Å²) in [6, 6.07) is -0.617. The number of nitrogens with zero attached hydrogens (tertiary/aromatic N) is 1. The van der Waals surface area contributed by atoms with Crippen LogP contribution in [0.4, 0.5) is 0 Å². The number of ether oxygens (including phenoxy) is 3. The molecule has 0 aromatic rings. The number of rotatable bonds is 40. The summed E-state index contributed by atoms with van der Waals surface area (Å²) in [6.07, 6.45) is 43.2. The standard InChI is InChI=1S/C47H85NO7/c1-6-8-10-12-14-16-18-20-22-24-25-27-29-31-33-35-37-45(49)54-42-43(41-53-40-39-44(47(51)52)48(3,4)5)55-46(50)38-36-34-32-30-28-26-23-21-19-17-15-13-11-9-7-2/h15,17,21-24,43-44H,6-14,16,18-20,25-42H2,1-5H3/p+1/b17-15-,23-21-,24-22-. The fourth-order valence-corrected chi connectivity index (χ4v) is 6.47. The summed E-state index contributed by atoms with van der Waals surface area (Å²) in [4.78, 5) is 37.0. The first-order chi connectivity index (χ1) is 26.6. The SMILES string of the molecule is CCCCC/C=C\C/C=C\CCCCCCCC(=O)OC(COCCC(C(=O)O)[N+](C)(C)C)COC(=O)CCCCCCC/C=C\CCCCCCCCC. The first-order valence-corrected chi connectivity index (χ1v) is 22.5. The predicted molar refractivity (Wildman–Crippen MR) is 229 cm³/mol. The second-order valence-corrected chi connectivity index (χ2v) is 16.3. The van der Waals surface area contributed by atoms with E-state index in [1.165, 1.54) is 83.5 Å². The molecule has 0 saturated heterocycles. The highest BCUT2D eigenvalue weighted by Crippen LogP contribution is 2.14. The lowest BCUT2D eigenvalue weighted by molar-refractivity contribution is -0.887. The lowest BCUT2D eigenvalue weighted by atomic mass is 10.1. The van der Waals surface area contributed by atoms with Gasteiger partial charge in [-0.2, -0.15) is 0 Å². The minimum atomic E-state index is -0.878. The van der Waals surface area contributed by atoms with Gasteiger partial charge in [0.2, 0.25) is 0 Å². The van der Waals surface area contributed by atoms with Crippen molar-refractivity contribution in [1.82, 2.24) is 0 Å². The zero-order valence-corrected chi connectivity index (χ0v) is 36.4. The minimum Gasteiger partial charge on any atom is -0.477 e. The smallest absolute Gasteiger partial charge is 0.362 e. The molecule has 0 aliphatic rings. The fourth-order valence-electron chi connectivity index (χ4n) is 6.47. The van der Waals surface area contributed by atoms with Gasteiger partial charge in [-0.25, -0.2) is 4.79 Å². The third kappa shape index (κ3) is 36.9. The van der Waals surface area contributed by atoms with E-state index in [4.69, 9.17) is 14.2 Å². The van der Waals surface area contributed by atoms with E-state index < -0.39 is 18.1 Å². The van der Waals surface area contributed by atoms with Crippen molar-refractivity contribution >= 4 is 17.9 Å². The summed E-state index contributed by atoms with van der Waals surface area (Å²) in [7, 11) is 5.52. The quantitative estimate of drug-likeness (QED) is 0.0286. The molecule has 0 aliphatic carbocycles. The maximum atomic E-state index is 12.7. The van der Waals surface area contributed by atoms with Crippen molar-refractivity contribution in [1.29, 1.82) is 0 Å². The molecule has 0 aromatic heterocycles. The molecule has 320 valence electrons. The largest absolute Gasteiger partial charge is 0.477 e. The third-order valence-electron chi connectivity index (χ3n) is 10.0. The molecule has 0 saturated carbocycles. The van der Waals surface area contributed by atoms with Crippen LogP contribution in [0.15, 0.2) is 36.5 Å². The molecule has 8 heteroatoms. The van der Waals surface area contributed by atoms with Gasteiger partial charge in [-0.3, -0.25) is 9.59 Å². The number of carboxylic acids is 1. The molecular weight excluding hydrogens is 691 g/mol. The summed E-state index contributed by atoms with van der Waals surface area (Å²) in [6.45, 7) is 4.69. The molecule has 0 heterocycles. The van der Waals surface area contributed by atoms with Crippen LogP contribution in [0, 0.1) is 0 Å². The van der Waals surface area contributed by atoms with Crippen LogP contribution >= 0.6 is 0 Å². The number of quaternary nitrogens is 1. The molecule has 1 N–H and O–H groups in total. The van der Waals surface area contributed by atoms with E-state index in [0.29, 0.717) is 19.3 Å². The monoisotopic (exact) mass is 777 g/mol. The Morgan fingerprint density at radius 3 is 1.45 bits per heavy atom. The summed E-state index contributed by atoms with van der Waals surface area (Å²) in [5, 5.41) is 9.62. The second-order valence-electron chi connectivity index (χ2n) is 16.3. The number of allylic oxidation sites excluding steroid dienone is 6. The van der Waals surface area contributed by atoms with Crippen molar-refractivity contribution in [3.63, 3.8) is 0 Å². The number of esters is 2. The number of hydrogen-bond acceptors (Lipinski definition) is 6. The van der Waals surface area contributed by atoms with Crippen molar-refractivity contribution in [2.24, 2.45) is 0 Å². The van der Waals surface area contributed by atoms with E-state index in [9.17, 15) is 19.5 Å². The normalized spacial score (nSPS) is 13.3. The van der Waals surface area contributed by atoms with E-state index in [0.717, 1.165) is 77.0 Å². The highest BCUT2D eigenvalue weighted by Gasteiger charge is 2.31. The number of unbranched alkanes of at least 4 members (excludes halogenated alkanes) is 20. The zero-order chi connectivity index (χ0) is 40.7. The van der Waals surface area contributed by atoms with Crippen molar-refractivity contribution in [2.45, 2.75) is 206 Å². The molecule has 8 nitrogen and oxygen atoms in total. The van der Waals surface area contributed by atoms with Crippen molar-refractivity contribution in [3.05, 3.63) is 36.5 Å². The van der Waals surface area contributed by atoms with Gasteiger partial charge < -0.3 is 23.8 Å². The lowest BCUT2D eigenvalue weighted by Crippen LogP contribution is -2.50. The van der Waals surface area contributed by atoms with Crippen molar-refractivity contribution < 1.29 is 38.2 Å². The Morgan fingerprint density at radius 2 is 0.964 bits per heavy atom. The van der Waals surface area contributed by atoms with Gasteiger partial charge in [0, 0.05) is 19.3 Å². The van der Waals surface area contributed by atoms with Gasteiger partial charge in [0.05, 0.1) is 34.4 Å². The van der Waals surface area contributed by atoms with Crippen LogP contribution in [0.3, 0.4) is 0 Å². The highest BCUT2D eigenvalue weighted by molar-refractivity contribution is 5.72. The van der Waals surface area contributed by atoms with Crippen LogP contribution in [-0.4, -0.2) is 80.6 Å². The summed E-state index contributed by atoms with van der Waals surface area (Å²) in [5.41, 5.74) is 0. The van der Waals surface area contributed by atoms with Crippen LogP contribution in [-0.2, 0) is 28.6 Å². The zero-order valence-electron chi connectivity index (χ0n) is 36.4. The predicted octanol–water partition coefficient (Wildman–Crippen LogP) is 12.2. The number of hydrogen-bond donors (Lipinski definition) is 1. The van der Waals surface area contributed by atoms with Gasteiger partial charge in [-0.1, -0.05) is 140 Å². The molecule has 0 radical (unpaired) electrons. The molecule has 55 heavy (non-hydrogen) atoms. The molecule has 0 aliphatic heterocycles. The average Bonchev–Trinajstić information content (AvgIpc) is 3.14. The third-order valence-corrected chi connectivity index (χ3v) is 10.0. The maximum absolute atomic E-state index is 12.7. The molecule has 0 rings (SSSR count). The number of aliphatic carboxylic acids is 1. The molecule has 2 atom stereocenters. The second kappa shape index (κ2) is 38.4. The Morgan fingerprint density at radius 1 is 0.545 bits per heavy atom. The number of likely N-dealkylation sites (N-methyl/N-ethyl adjacent to an activating group) is 1. The van der Waals surface area contributed by atoms with Gasteiger partial charge in [-0.15, -0.1) is 0 Å². The van der Waals surface area contributed by atoms with E-state index >= 15 is 0 Å². The van der Waals surface area contributed by atoms with Crippen LogP contribution in [0.1, 0.15) is 194 Å². The molecular formula is C47H86NO7+. The van der Waals surface area contributed by atoms with Gasteiger partial charge >= 0.3 is 17.9 Å². The van der Waals surface area contributed by atoms with Crippen LogP contribution in [0.25, 0.3) is 0 Å². The summed E-state index contributed by atoms with van der Waals surface area (Å²) in [5.74, 6) is -1.49. The Kier molecular flexibility index (Phi) is 36.7. The van der Waals surface area contributed by atoms with E-state index in [2.05, 4.69) is 50.3 Å². The number of carbonyl (C=O) groups excluding carboxylic acids is 2. The van der Waals surface area contributed by atoms with E-state index in [1.54, 1.807) is 0 Å². The average molecular weight is 777 g/mol. The van der Waals surface area contributed by atoms with Crippen LogP contribution in [0.5, 0.6) is 0 Å². The Bertz CT molecular complexity index is 1000. The number of carbonyl (C=O) groups is 3. The minimum absolute atomic E-state index is 0.0537. The Hall–Kier alpha value is -2.45. The molecule has 0 amide bonds. The molecule has 0 aromatic carbocycles. The maximum Gasteiger partial charge on any atom is 0.362 e. The first kappa shape index (κ1) is 52.6. The van der Waals surface area contributed by atoms with Gasteiger partial charge in [0.25, 0.3) is 0 Å². The molecule has 0 spiro atoms. The van der Waals surface area contributed by atoms with Gasteiger partial charge in [-0.05, 0) is 70.6 Å². The highest BCUT2D eigenvalue weighted by atomic mass is 16.6. The van der Waals surface area contributed by atoms with Crippen LogP contribution in [0.2, 0.25) is 0 Å². The molecule has 2 unspecified atom stereocenters. The van der Waals surface area contributed by atoms with Crippen molar-refractivity contribution in [2.75, 3.05) is 41.0 Å². The fraction of sp³-hybridized carbons (Fsp3) is 0.809. The summed E-state index contributed by atoms with van der Waals surface area (Å²) < 4.78 is 17.3. The Balaban J connectivity index is 4.37. The first-order valence-electron chi connectivity index (χ1n) is 22.5.